The van der Waals surface area contributed by atoms with Crippen molar-refractivity contribution in [2.75, 3.05) is 13.2 Å². The summed E-state index contributed by atoms with van der Waals surface area (Å²) in [5.41, 5.74) is 1.15. The number of aromatic nitrogens is 1. The van der Waals surface area contributed by atoms with Crippen molar-refractivity contribution >= 4 is 5.91 Å². The fourth-order valence-corrected chi connectivity index (χ4v) is 1.56. The van der Waals surface area contributed by atoms with E-state index in [2.05, 4.69) is 16.4 Å². The highest BCUT2D eigenvalue weighted by Gasteiger charge is 2.01. The van der Waals surface area contributed by atoms with Gasteiger partial charge in [-0.05, 0) is 42.3 Å². The van der Waals surface area contributed by atoms with Crippen LogP contribution >= 0.6 is 0 Å². The van der Waals surface area contributed by atoms with Gasteiger partial charge < -0.3 is 10.1 Å². The maximum absolute atomic E-state index is 11.6. The number of amides is 1. The summed E-state index contributed by atoms with van der Waals surface area (Å²) in [5.74, 6) is 0.546. The topological polar surface area (TPSA) is 51.2 Å². The maximum Gasteiger partial charge on any atom is 0.257 e. The van der Waals surface area contributed by atoms with Crippen LogP contribution in [0, 0.1) is 6.07 Å². The molecule has 19 heavy (non-hydrogen) atoms. The smallest absolute Gasteiger partial charge is 0.257 e. The third kappa shape index (κ3) is 4.79. The van der Waals surface area contributed by atoms with Crippen molar-refractivity contribution in [2.45, 2.75) is 6.42 Å². The third-order valence-corrected chi connectivity index (χ3v) is 2.54. The van der Waals surface area contributed by atoms with Gasteiger partial charge in [-0.15, -0.1) is 0 Å². The number of carbonyl (C=O) groups excluding carboxylic acids is 1. The van der Waals surface area contributed by atoms with Crippen LogP contribution in [0.4, 0.5) is 0 Å². The van der Waals surface area contributed by atoms with E-state index in [4.69, 9.17) is 4.74 Å². The van der Waals surface area contributed by atoms with E-state index in [0.29, 0.717) is 12.3 Å². The molecule has 1 aromatic heterocycles. The highest BCUT2D eigenvalue weighted by Crippen LogP contribution is 2.07. The molecule has 0 spiro atoms. The number of rotatable bonds is 6. The Balaban J connectivity index is 1.65. The van der Waals surface area contributed by atoms with E-state index in [1.165, 1.54) is 0 Å². The Labute approximate surface area is 112 Å². The number of benzene rings is 1. The maximum atomic E-state index is 11.6. The molecule has 0 bridgehead atoms. The van der Waals surface area contributed by atoms with Crippen LogP contribution in [0.5, 0.6) is 5.75 Å². The van der Waals surface area contributed by atoms with Crippen LogP contribution in [0.3, 0.4) is 0 Å². The Kier molecular flexibility index (Phi) is 4.93. The number of ether oxygens (including phenoxy) is 1. The standard InChI is InChI=1S/C15H15N2O2/c18-15(12-19-14-4-2-1-3-5-14)17-11-8-13-6-9-16-10-7-13/h2-7,9-10H,8,11-12H2,(H,17,18). The third-order valence-electron chi connectivity index (χ3n) is 2.54. The second kappa shape index (κ2) is 7.16. The minimum absolute atomic E-state index is 0.0281. The molecule has 0 aliphatic rings. The molecule has 0 saturated carbocycles. The van der Waals surface area contributed by atoms with Gasteiger partial charge in [0.2, 0.25) is 0 Å². The molecular weight excluding hydrogens is 240 g/mol. The number of hydrogen-bond donors (Lipinski definition) is 1. The molecule has 1 aromatic carbocycles. The lowest BCUT2D eigenvalue weighted by atomic mass is 10.2. The zero-order valence-electron chi connectivity index (χ0n) is 10.5. The zero-order valence-corrected chi connectivity index (χ0v) is 10.5. The SMILES string of the molecule is O=C(COc1cc[c]cc1)NCCc1ccncc1. The average Bonchev–Trinajstić information content (AvgIpc) is 2.47. The predicted molar refractivity (Wildman–Crippen MR) is 71.7 cm³/mol. The minimum Gasteiger partial charge on any atom is -0.484 e. The first kappa shape index (κ1) is 13.1. The second-order valence-electron chi connectivity index (χ2n) is 3.98. The molecule has 0 aliphatic heterocycles. The molecule has 1 N–H and O–H groups in total. The number of carbonyl (C=O) groups is 1. The number of hydrogen-bond acceptors (Lipinski definition) is 3. The van der Waals surface area contributed by atoms with E-state index in [-0.39, 0.29) is 12.5 Å². The highest BCUT2D eigenvalue weighted by molar-refractivity contribution is 5.77. The minimum atomic E-state index is -0.123. The lowest BCUT2D eigenvalue weighted by Crippen LogP contribution is -2.30. The monoisotopic (exact) mass is 255 g/mol. The Hall–Kier alpha value is -2.36. The molecule has 2 rings (SSSR count). The Morgan fingerprint density at radius 3 is 2.68 bits per heavy atom. The first-order valence-electron chi connectivity index (χ1n) is 6.09. The normalized spacial score (nSPS) is 9.89. The Morgan fingerprint density at radius 1 is 1.21 bits per heavy atom. The number of pyridine rings is 1. The van der Waals surface area contributed by atoms with Gasteiger partial charge in [0.1, 0.15) is 5.75 Å². The largest absolute Gasteiger partial charge is 0.484 e. The van der Waals surface area contributed by atoms with Gasteiger partial charge >= 0.3 is 0 Å². The summed E-state index contributed by atoms with van der Waals surface area (Å²) in [6, 6.07) is 13.8. The van der Waals surface area contributed by atoms with Crippen LogP contribution in [-0.4, -0.2) is 24.0 Å². The van der Waals surface area contributed by atoms with Crippen molar-refractivity contribution in [1.82, 2.24) is 10.3 Å². The quantitative estimate of drug-likeness (QED) is 0.853. The van der Waals surface area contributed by atoms with Crippen molar-refractivity contribution in [3.63, 3.8) is 0 Å². The van der Waals surface area contributed by atoms with E-state index in [1.807, 2.05) is 12.1 Å². The zero-order chi connectivity index (χ0) is 13.3. The van der Waals surface area contributed by atoms with E-state index < -0.39 is 0 Å². The predicted octanol–water partition coefficient (Wildman–Crippen LogP) is 1.62. The van der Waals surface area contributed by atoms with Crippen LogP contribution in [-0.2, 0) is 11.2 Å². The van der Waals surface area contributed by atoms with E-state index in [0.717, 1.165) is 12.0 Å². The van der Waals surface area contributed by atoms with Crippen LogP contribution in [0.25, 0.3) is 0 Å². The lowest BCUT2D eigenvalue weighted by Gasteiger charge is -2.07. The van der Waals surface area contributed by atoms with E-state index >= 15 is 0 Å². The summed E-state index contributed by atoms with van der Waals surface area (Å²) >= 11 is 0. The van der Waals surface area contributed by atoms with Gasteiger partial charge in [-0.25, -0.2) is 0 Å². The Morgan fingerprint density at radius 2 is 1.95 bits per heavy atom. The van der Waals surface area contributed by atoms with Gasteiger partial charge in [0, 0.05) is 18.9 Å². The molecule has 97 valence electrons. The van der Waals surface area contributed by atoms with Gasteiger partial charge in [-0.1, -0.05) is 12.1 Å². The van der Waals surface area contributed by atoms with Crippen molar-refractivity contribution in [1.29, 1.82) is 0 Å². The molecular formula is C15H15N2O2. The van der Waals surface area contributed by atoms with E-state index in [1.54, 1.807) is 36.7 Å². The summed E-state index contributed by atoms with van der Waals surface area (Å²) in [6.07, 6.45) is 4.27. The first-order chi connectivity index (χ1) is 9.34. The van der Waals surface area contributed by atoms with Crippen LogP contribution in [0.2, 0.25) is 0 Å². The summed E-state index contributed by atoms with van der Waals surface area (Å²) in [4.78, 5) is 15.5. The van der Waals surface area contributed by atoms with Gasteiger partial charge in [-0.3, -0.25) is 9.78 Å². The fourth-order valence-electron chi connectivity index (χ4n) is 1.56. The fraction of sp³-hybridized carbons (Fsp3) is 0.200. The van der Waals surface area contributed by atoms with Crippen molar-refractivity contribution in [3.05, 3.63) is 60.4 Å². The second-order valence-corrected chi connectivity index (χ2v) is 3.98. The average molecular weight is 255 g/mol. The molecule has 0 unspecified atom stereocenters. The summed E-state index contributed by atoms with van der Waals surface area (Å²) < 4.78 is 5.33. The molecule has 2 aromatic rings. The summed E-state index contributed by atoms with van der Waals surface area (Å²) in [5, 5.41) is 2.81. The van der Waals surface area contributed by atoms with Gasteiger partial charge in [0.05, 0.1) is 0 Å². The molecule has 1 heterocycles. The number of nitrogens with one attached hydrogen (secondary N) is 1. The summed E-state index contributed by atoms with van der Waals surface area (Å²) in [7, 11) is 0. The Bertz CT molecular complexity index is 500. The molecule has 0 saturated heterocycles. The van der Waals surface area contributed by atoms with Crippen LogP contribution in [0.1, 0.15) is 5.56 Å². The van der Waals surface area contributed by atoms with Gasteiger partial charge in [0.15, 0.2) is 6.61 Å². The van der Waals surface area contributed by atoms with E-state index in [9.17, 15) is 4.79 Å². The molecule has 0 aliphatic carbocycles. The molecule has 0 atom stereocenters. The molecule has 4 heteroatoms. The van der Waals surface area contributed by atoms with Crippen LogP contribution < -0.4 is 10.1 Å². The lowest BCUT2D eigenvalue weighted by molar-refractivity contribution is -0.123. The molecule has 1 amide bonds. The van der Waals surface area contributed by atoms with Gasteiger partial charge in [0.25, 0.3) is 5.91 Å². The first-order valence-corrected chi connectivity index (χ1v) is 6.09. The van der Waals surface area contributed by atoms with Crippen LogP contribution in [0.15, 0.2) is 48.8 Å². The summed E-state index contributed by atoms with van der Waals surface area (Å²) in [6.45, 7) is 0.620. The molecule has 1 radical (unpaired) electrons. The van der Waals surface area contributed by atoms with Crippen molar-refractivity contribution in [2.24, 2.45) is 0 Å². The van der Waals surface area contributed by atoms with Crippen molar-refractivity contribution in [3.8, 4) is 5.75 Å². The highest BCUT2D eigenvalue weighted by atomic mass is 16.5. The molecule has 0 fully saturated rings. The van der Waals surface area contributed by atoms with Gasteiger partial charge in [-0.2, -0.15) is 0 Å². The van der Waals surface area contributed by atoms with Crippen molar-refractivity contribution < 1.29 is 9.53 Å². The molecule has 4 nitrogen and oxygen atoms in total. The number of nitrogens with zero attached hydrogens (tertiary/aromatic N) is 1.